The van der Waals surface area contributed by atoms with Crippen LogP contribution in [0.25, 0.3) is 0 Å². The first-order valence-electron chi connectivity index (χ1n) is 10.6. The summed E-state index contributed by atoms with van der Waals surface area (Å²) in [7, 11) is 2.06. The first kappa shape index (κ1) is 23.6. The molecular formula is C23H40FN3. The molecule has 4 heteroatoms. The molecule has 0 aliphatic carbocycles. The fourth-order valence-corrected chi connectivity index (χ4v) is 3.98. The predicted molar refractivity (Wildman–Crippen MR) is 117 cm³/mol. The quantitative estimate of drug-likeness (QED) is 0.245. The van der Waals surface area contributed by atoms with E-state index in [4.69, 9.17) is 0 Å². The fraction of sp³-hybridized carbons (Fsp3) is 0.652. The van der Waals surface area contributed by atoms with Gasteiger partial charge in [0.1, 0.15) is 5.82 Å². The maximum Gasteiger partial charge on any atom is 0.123 e. The molecule has 3 nitrogen and oxygen atoms in total. The van der Waals surface area contributed by atoms with Crippen molar-refractivity contribution in [3.63, 3.8) is 0 Å². The topological polar surface area (TPSA) is 27.3 Å². The van der Waals surface area contributed by atoms with Gasteiger partial charge in [0.15, 0.2) is 0 Å². The van der Waals surface area contributed by atoms with Crippen LogP contribution in [0.5, 0.6) is 0 Å². The Morgan fingerprint density at radius 1 is 1.15 bits per heavy atom. The molecule has 0 saturated carbocycles. The molecule has 0 aliphatic rings. The Bertz CT molecular complexity index is 509. The smallest absolute Gasteiger partial charge is 0.123 e. The van der Waals surface area contributed by atoms with Gasteiger partial charge in [-0.25, -0.2) is 4.39 Å². The summed E-state index contributed by atoms with van der Waals surface area (Å²) in [6.07, 6.45) is 9.25. The van der Waals surface area contributed by atoms with Crippen molar-refractivity contribution in [3.05, 3.63) is 42.7 Å². The molecule has 1 atom stereocenters. The van der Waals surface area contributed by atoms with Gasteiger partial charge in [0, 0.05) is 18.3 Å². The third kappa shape index (κ3) is 8.02. The van der Waals surface area contributed by atoms with Crippen LogP contribution >= 0.6 is 0 Å². The number of benzene rings is 1. The molecule has 0 aromatic heterocycles. The second-order valence-corrected chi connectivity index (χ2v) is 7.54. The molecule has 0 radical (unpaired) electrons. The van der Waals surface area contributed by atoms with Crippen LogP contribution in [0.3, 0.4) is 0 Å². The average molecular weight is 378 g/mol. The van der Waals surface area contributed by atoms with E-state index in [0.717, 1.165) is 38.3 Å². The Morgan fingerprint density at radius 2 is 1.78 bits per heavy atom. The zero-order valence-electron chi connectivity index (χ0n) is 17.9. The van der Waals surface area contributed by atoms with E-state index < -0.39 is 0 Å². The lowest BCUT2D eigenvalue weighted by molar-refractivity contribution is 0.249. The van der Waals surface area contributed by atoms with Gasteiger partial charge in [0.05, 0.1) is 6.67 Å². The maximum absolute atomic E-state index is 13.1. The number of allylic oxidation sites excluding steroid dienone is 1. The second-order valence-electron chi connectivity index (χ2n) is 7.54. The lowest BCUT2D eigenvalue weighted by Gasteiger charge is -2.34. The summed E-state index contributed by atoms with van der Waals surface area (Å²) in [6.45, 7) is 13.4. The van der Waals surface area contributed by atoms with Crippen molar-refractivity contribution in [1.82, 2.24) is 10.6 Å². The van der Waals surface area contributed by atoms with E-state index in [1.807, 2.05) is 12.1 Å². The van der Waals surface area contributed by atoms with Gasteiger partial charge >= 0.3 is 0 Å². The SMILES string of the molecule is C=CC(CCC)(CCC)CC(CCNCN(CC)c1ccc(F)cc1)NC. The number of anilines is 1. The predicted octanol–water partition coefficient (Wildman–Crippen LogP) is 5.34. The summed E-state index contributed by atoms with van der Waals surface area (Å²) in [6, 6.07) is 7.20. The molecule has 0 heterocycles. The Labute approximate surface area is 166 Å². The van der Waals surface area contributed by atoms with Gasteiger partial charge in [-0.2, -0.15) is 0 Å². The number of nitrogens with one attached hydrogen (secondary N) is 2. The first-order chi connectivity index (χ1) is 13.0. The fourth-order valence-electron chi connectivity index (χ4n) is 3.98. The van der Waals surface area contributed by atoms with Crippen molar-refractivity contribution in [1.29, 1.82) is 0 Å². The molecule has 0 bridgehead atoms. The third-order valence-corrected chi connectivity index (χ3v) is 5.54. The Balaban J connectivity index is 2.51. The molecule has 0 aliphatic heterocycles. The Morgan fingerprint density at radius 3 is 2.26 bits per heavy atom. The number of hydrogen-bond acceptors (Lipinski definition) is 3. The van der Waals surface area contributed by atoms with Gasteiger partial charge < -0.3 is 10.2 Å². The van der Waals surface area contributed by atoms with Crippen molar-refractivity contribution in [3.8, 4) is 0 Å². The van der Waals surface area contributed by atoms with Crippen molar-refractivity contribution < 1.29 is 4.39 Å². The van der Waals surface area contributed by atoms with Crippen LogP contribution in [0.1, 0.15) is 59.3 Å². The van der Waals surface area contributed by atoms with Gasteiger partial charge in [-0.1, -0.05) is 32.8 Å². The summed E-state index contributed by atoms with van der Waals surface area (Å²) in [5.74, 6) is -0.190. The van der Waals surface area contributed by atoms with Gasteiger partial charge in [-0.15, -0.1) is 6.58 Å². The minimum atomic E-state index is -0.190. The van der Waals surface area contributed by atoms with E-state index in [-0.39, 0.29) is 11.2 Å². The van der Waals surface area contributed by atoms with Crippen molar-refractivity contribution in [2.24, 2.45) is 5.41 Å². The minimum Gasteiger partial charge on any atom is -0.359 e. The molecule has 0 fully saturated rings. The summed E-state index contributed by atoms with van der Waals surface area (Å²) in [5, 5.41) is 7.05. The van der Waals surface area contributed by atoms with Crippen LogP contribution in [-0.2, 0) is 0 Å². The lowest BCUT2D eigenvalue weighted by atomic mass is 9.74. The second kappa shape index (κ2) is 12.9. The molecule has 154 valence electrons. The molecule has 0 saturated heterocycles. The van der Waals surface area contributed by atoms with Crippen LogP contribution in [-0.4, -0.2) is 32.8 Å². The highest BCUT2D eigenvalue weighted by Crippen LogP contribution is 2.36. The van der Waals surface area contributed by atoms with Crippen molar-refractivity contribution >= 4 is 5.69 Å². The Kier molecular flexibility index (Phi) is 11.3. The minimum absolute atomic E-state index is 0.190. The molecular weight excluding hydrogens is 337 g/mol. The Hall–Kier alpha value is -1.39. The maximum atomic E-state index is 13.1. The monoisotopic (exact) mass is 377 g/mol. The highest BCUT2D eigenvalue weighted by Gasteiger charge is 2.27. The van der Waals surface area contributed by atoms with Crippen molar-refractivity contribution in [2.75, 3.05) is 31.7 Å². The summed E-state index contributed by atoms with van der Waals surface area (Å²) < 4.78 is 13.1. The standard InChI is InChI=1S/C23H40FN3/c1-6-15-23(8-3,16-7-2)18-21(25-5)14-17-26-19-27(9-4)22-12-10-20(24)11-13-22/h8,10-13,21,25-26H,3,6-7,9,14-19H2,1-2,4-5H3. The molecule has 1 rings (SSSR count). The molecule has 0 amide bonds. The summed E-state index contributed by atoms with van der Waals surface area (Å²) in [4.78, 5) is 2.22. The largest absolute Gasteiger partial charge is 0.359 e. The number of hydrogen-bond donors (Lipinski definition) is 2. The third-order valence-electron chi connectivity index (χ3n) is 5.54. The summed E-state index contributed by atoms with van der Waals surface area (Å²) >= 11 is 0. The van der Waals surface area contributed by atoms with Crippen LogP contribution in [0.2, 0.25) is 0 Å². The van der Waals surface area contributed by atoms with E-state index >= 15 is 0 Å². The van der Waals surface area contributed by atoms with E-state index in [2.05, 4.69) is 56.0 Å². The van der Waals surface area contributed by atoms with E-state index in [1.165, 1.54) is 37.8 Å². The average Bonchev–Trinajstić information content (AvgIpc) is 2.68. The van der Waals surface area contributed by atoms with Gasteiger partial charge in [0.25, 0.3) is 0 Å². The molecule has 1 unspecified atom stereocenters. The van der Waals surface area contributed by atoms with E-state index in [9.17, 15) is 4.39 Å². The van der Waals surface area contributed by atoms with Crippen LogP contribution in [0.15, 0.2) is 36.9 Å². The highest BCUT2D eigenvalue weighted by atomic mass is 19.1. The lowest BCUT2D eigenvalue weighted by Crippen LogP contribution is -2.39. The number of nitrogens with zero attached hydrogens (tertiary/aromatic N) is 1. The molecule has 1 aromatic rings. The number of rotatable bonds is 15. The molecule has 1 aromatic carbocycles. The van der Waals surface area contributed by atoms with Crippen LogP contribution in [0, 0.1) is 11.2 Å². The van der Waals surface area contributed by atoms with Crippen LogP contribution in [0.4, 0.5) is 10.1 Å². The number of halogens is 1. The molecule has 2 N–H and O–H groups in total. The zero-order chi connectivity index (χ0) is 20.1. The van der Waals surface area contributed by atoms with Gasteiger partial charge in [0.2, 0.25) is 0 Å². The van der Waals surface area contributed by atoms with Gasteiger partial charge in [-0.3, -0.25) is 5.32 Å². The normalized spacial score (nSPS) is 12.8. The van der Waals surface area contributed by atoms with Crippen LogP contribution < -0.4 is 15.5 Å². The molecule has 27 heavy (non-hydrogen) atoms. The first-order valence-corrected chi connectivity index (χ1v) is 10.6. The summed E-state index contributed by atoms with van der Waals surface area (Å²) in [5.41, 5.74) is 1.30. The van der Waals surface area contributed by atoms with E-state index in [1.54, 1.807) is 0 Å². The molecule has 0 spiro atoms. The van der Waals surface area contributed by atoms with E-state index in [0.29, 0.717) is 6.04 Å². The highest BCUT2D eigenvalue weighted by molar-refractivity contribution is 5.45. The van der Waals surface area contributed by atoms with Crippen molar-refractivity contribution in [2.45, 2.75) is 65.3 Å². The van der Waals surface area contributed by atoms with Gasteiger partial charge in [-0.05, 0) is 75.9 Å². The zero-order valence-corrected chi connectivity index (χ0v) is 17.9.